The molecule has 1 nitrogen and oxygen atoms in total. The van der Waals surface area contributed by atoms with Crippen molar-refractivity contribution >= 4 is 22.9 Å². The van der Waals surface area contributed by atoms with Crippen molar-refractivity contribution in [1.82, 2.24) is 4.98 Å². The van der Waals surface area contributed by atoms with Gasteiger partial charge in [0, 0.05) is 23.2 Å². The van der Waals surface area contributed by atoms with Crippen LogP contribution in [0.1, 0.15) is 17.5 Å². The molecule has 1 aromatic heterocycles. The second-order valence-electron chi connectivity index (χ2n) is 3.62. The van der Waals surface area contributed by atoms with Crippen molar-refractivity contribution in [2.45, 2.75) is 19.8 Å². The first kappa shape index (κ1) is 11.6. The predicted octanol–water partition coefficient (Wildman–Crippen LogP) is 4.15. The van der Waals surface area contributed by atoms with Gasteiger partial charge in [0.25, 0.3) is 0 Å². The van der Waals surface area contributed by atoms with Crippen molar-refractivity contribution in [3.63, 3.8) is 0 Å². The fourth-order valence-corrected chi connectivity index (χ4v) is 2.65. The number of aryl methyl sites for hydroxylation is 2. The van der Waals surface area contributed by atoms with E-state index in [0.717, 1.165) is 23.5 Å². The van der Waals surface area contributed by atoms with Crippen LogP contribution in [0.5, 0.6) is 0 Å². The lowest BCUT2D eigenvalue weighted by Gasteiger charge is -1.99. The third-order valence-electron chi connectivity index (χ3n) is 2.52. The highest BCUT2D eigenvalue weighted by Gasteiger charge is 2.03. The molecule has 1 aromatic carbocycles. The minimum absolute atomic E-state index is 0.641. The number of hydrogen-bond donors (Lipinski definition) is 0. The van der Waals surface area contributed by atoms with Crippen LogP contribution in [0.25, 0.3) is 11.3 Å². The van der Waals surface area contributed by atoms with Crippen molar-refractivity contribution < 1.29 is 0 Å². The molecule has 0 aliphatic heterocycles. The highest BCUT2D eigenvalue weighted by atomic mass is 35.5. The van der Waals surface area contributed by atoms with Crippen LogP contribution in [0.4, 0.5) is 0 Å². The molecule has 0 atom stereocenters. The molecule has 0 bridgehead atoms. The van der Waals surface area contributed by atoms with E-state index in [4.69, 9.17) is 11.6 Å². The van der Waals surface area contributed by atoms with E-state index in [-0.39, 0.29) is 0 Å². The van der Waals surface area contributed by atoms with Gasteiger partial charge in [-0.1, -0.05) is 31.2 Å². The Morgan fingerprint density at radius 3 is 2.62 bits per heavy atom. The molecule has 2 aromatic rings. The molecule has 0 radical (unpaired) electrons. The zero-order chi connectivity index (χ0) is 11.4. The monoisotopic (exact) mass is 251 g/mol. The van der Waals surface area contributed by atoms with Gasteiger partial charge < -0.3 is 0 Å². The number of nitrogens with zero attached hydrogens (tertiary/aromatic N) is 1. The van der Waals surface area contributed by atoms with E-state index in [2.05, 4.69) is 41.6 Å². The molecule has 0 saturated heterocycles. The van der Waals surface area contributed by atoms with E-state index in [1.165, 1.54) is 11.1 Å². The summed E-state index contributed by atoms with van der Waals surface area (Å²) in [5, 5.41) is 3.22. The lowest BCUT2D eigenvalue weighted by Crippen LogP contribution is -1.85. The number of halogens is 1. The van der Waals surface area contributed by atoms with Gasteiger partial charge in [0.15, 0.2) is 0 Å². The van der Waals surface area contributed by atoms with Crippen LogP contribution in [0.3, 0.4) is 0 Å². The van der Waals surface area contributed by atoms with E-state index in [0.29, 0.717) is 5.88 Å². The van der Waals surface area contributed by atoms with Gasteiger partial charge in [0.05, 0.1) is 10.7 Å². The van der Waals surface area contributed by atoms with Crippen molar-refractivity contribution in [3.8, 4) is 11.3 Å². The molecule has 16 heavy (non-hydrogen) atoms. The molecule has 0 aliphatic carbocycles. The molecule has 3 heteroatoms. The Labute approximate surface area is 105 Å². The fourth-order valence-electron chi connectivity index (χ4n) is 1.55. The zero-order valence-corrected chi connectivity index (χ0v) is 10.8. The van der Waals surface area contributed by atoms with Crippen molar-refractivity contribution in [2.75, 3.05) is 5.88 Å². The molecule has 2 rings (SSSR count). The van der Waals surface area contributed by atoms with E-state index in [1.54, 1.807) is 11.3 Å². The third-order valence-corrected chi connectivity index (χ3v) is 3.62. The molecule has 0 spiro atoms. The standard InChI is InChI=1S/C13H14ClNS/c1-2-10-3-5-11(6-4-10)12-9-16-13(15-12)7-8-14/h3-6,9H,2,7-8H2,1H3. The normalized spacial score (nSPS) is 10.6. The molecular formula is C13H14ClNS. The lowest BCUT2D eigenvalue weighted by molar-refractivity contribution is 1.10. The minimum Gasteiger partial charge on any atom is -0.241 e. The molecule has 1 heterocycles. The summed E-state index contributed by atoms with van der Waals surface area (Å²) in [5.74, 6) is 0.641. The second kappa shape index (κ2) is 5.46. The largest absolute Gasteiger partial charge is 0.241 e. The van der Waals surface area contributed by atoms with E-state index in [9.17, 15) is 0 Å². The summed E-state index contributed by atoms with van der Waals surface area (Å²) in [4.78, 5) is 4.56. The van der Waals surface area contributed by atoms with Gasteiger partial charge in [-0.15, -0.1) is 22.9 Å². The van der Waals surface area contributed by atoms with Crippen LogP contribution in [-0.2, 0) is 12.8 Å². The summed E-state index contributed by atoms with van der Waals surface area (Å²) in [6.07, 6.45) is 1.94. The third kappa shape index (κ3) is 2.63. The van der Waals surface area contributed by atoms with Crippen molar-refractivity contribution in [1.29, 1.82) is 0 Å². The topological polar surface area (TPSA) is 12.9 Å². The van der Waals surface area contributed by atoms with Crippen molar-refractivity contribution in [3.05, 3.63) is 40.2 Å². The van der Waals surface area contributed by atoms with Crippen LogP contribution < -0.4 is 0 Å². The molecule has 0 saturated carbocycles. The van der Waals surface area contributed by atoms with Gasteiger partial charge in [0.2, 0.25) is 0 Å². The maximum absolute atomic E-state index is 5.70. The van der Waals surface area contributed by atoms with E-state index in [1.807, 2.05) is 0 Å². The highest BCUT2D eigenvalue weighted by Crippen LogP contribution is 2.22. The Balaban J connectivity index is 2.21. The number of rotatable bonds is 4. The van der Waals surface area contributed by atoms with Crippen LogP contribution >= 0.6 is 22.9 Å². The Bertz CT molecular complexity index is 447. The van der Waals surface area contributed by atoms with Crippen LogP contribution in [0.15, 0.2) is 29.6 Å². The Kier molecular flexibility index (Phi) is 3.97. The smallest absolute Gasteiger partial charge is 0.0944 e. The van der Waals surface area contributed by atoms with Gasteiger partial charge in [-0.3, -0.25) is 0 Å². The number of aromatic nitrogens is 1. The number of benzene rings is 1. The highest BCUT2D eigenvalue weighted by molar-refractivity contribution is 7.10. The first-order valence-electron chi connectivity index (χ1n) is 5.43. The quantitative estimate of drug-likeness (QED) is 0.744. The molecule has 0 unspecified atom stereocenters. The van der Waals surface area contributed by atoms with Gasteiger partial charge in [0.1, 0.15) is 0 Å². The summed E-state index contributed by atoms with van der Waals surface area (Å²) < 4.78 is 0. The van der Waals surface area contributed by atoms with Crippen LogP contribution in [0.2, 0.25) is 0 Å². The zero-order valence-electron chi connectivity index (χ0n) is 9.24. The molecule has 0 aliphatic rings. The van der Waals surface area contributed by atoms with Crippen molar-refractivity contribution in [2.24, 2.45) is 0 Å². The Morgan fingerprint density at radius 1 is 1.25 bits per heavy atom. The lowest BCUT2D eigenvalue weighted by atomic mass is 10.1. The second-order valence-corrected chi connectivity index (χ2v) is 4.94. The molecule has 0 fully saturated rings. The first-order chi connectivity index (χ1) is 7.83. The summed E-state index contributed by atoms with van der Waals surface area (Å²) in [7, 11) is 0. The number of alkyl halides is 1. The van der Waals surface area contributed by atoms with E-state index >= 15 is 0 Å². The maximum Gasteiger partial charge on any atom is 0.0944 e. The Hall–Kier alpha value is -0.860. The Morgan fingerprint density at radius 2 is 2.00 bits per heavy atom. The first-order valence-corrected chi connectivity index (χ1v) is 6.84. The summed E-state index contributed by atoms with van der Waals surface area (Å²) >= 11 is 7.38. The number of hydrogen-bond acceptors (Lipinski definition) is 2. The van der Waals surface area contributed by atoms with Crippen LogP contribution in [-0.4, -0.2) is 10.9 Å². The molecular weight excluding hydrogens is 238 g/mol. The average Bonchev–Trinajstić information content (AvgIpc) is 2.78. The number of thiazole rings is 1. The van der Waals surface area contributed by atoms with Gasteiger partial charge >= 0.3 is 0 Å². The molecule has 0 N–H and O–H groups in total. The summed E-state index contributed by atoms with van der Waals surface area (Å²) in [6.45, 7) is 2.16. The van der Waals surface area contributed by atoms with E-state index < -0.39 is 0 Å². The maximum atomic E-state index is 5.70. The van der Waals surface area contributed by atoms with Gasteiger partial charge in [-0.2, -0.15) is 0 Å². The molecule has 0 amide bonds. The summed E-state index contributed by atoms with van der Waals surface area (Å²) in [5.41, 5.74) is 3.61. The van der Waals surface area contributed by atoms with Crippen LogP contribution in [0, 0.1) is 0 Å². The van der Waals surface area contributed by atoms with Gasteiger partial charge in [-0.25, -0.2) is 4.98 Å². The minimum atomic E-state index is 0.641. The SMILES string of the molecule is CCc1ccc(-c2csc(CCCl)n2)cc1. The predicted molar refractivity (Wildman–Crippen MR) is 71.4 cm³/mol. The fraction of sp³-hybridized carbons (Fsp3) is 0.308. The molecule has 84 valence electrons. The summed E-state index contributed by atoms with van der Waals surface area (Å²) in [6, 6.07) is 8.60. The average molecular weight is 252 g/mol. The van der Waals surface area contributed by atoms with Gasteiger partial charge in [-0.05, 0) is 12.0 Å².